The number of carbonyl (C=O) groups is 2. The second-order valence-electron chi connectivity index (χ2n) is 7.87. The minimum atomic E-state index is -4.12. The highest BCUT2D eigenvalue weighted by atomic mass is 35.5. The molecular formula is C22H22ClFN6O4S. The Morgan fingerprint density at radius 3 is 2.63 bits per heavy atom. The summed E-state index contributed by atoms with van der Waals surface area (Å²) in [4.78, 5) is 25.6. The maximum absolute atomic E-state index is 13.4. The van der Waals surface area contributed by atoms with Crippen molar-refractivity contribution in [3.05, 3.63) is 77.3 Å². The molecular weight excluding hydrogens is 499 g/mol. The van der Waals surface area contributed by atoms with Crippen molar-refractivity contribution in [2.24, 2.45) is 0 Å². The molecule has 1 aromatic heterocycles. The maximum atomic E-state index is 13.4. The smallest absolute Gasteiger partial charge is 0.280 e. The van der Waals surface area contributed by atoms with Gasteiger partial charge in [-0.2, -0.15) is 22.5 Å². The first-order valence-corrected chi connectivity index (χ1v) is 12.3. The Morgan fingerprint density at radius 2 is 1.91 bits per heavy atom. The molecule has 35 heavy (non-hydrogen) atoms. The number of nitrogens with zero attached hydrogens (tertiary/aromatic N) is 3. The van der Waals surface area contributed by atoms with E-state index in [2.05, 4.69) is 20.5 Å². The number of para-hydroxylation sites is 1. The summed E-state index contributed by atoms with van der Waals surface area (Å²) in [7, 11) is -2.89. The van der Waals surface area contributed by atoms with Crippen molar-refractivity contribution in [2.75, 3.05) is 12.4 Å². The highest BCUT2D eigenvalue weighted by Gasteiger charge is 2.42. The summed E-state index contributed by atoms with van der Waals surface area (Å²) in [5.74, 6) is -1.94. The predicted molar refractivity (Wildman–Crippen MR) is 127 cm³/mol. The molecule has 3 aromatic rings. The molecule has 0 bridgehead atoms. The van der Waals surface area contributed by atoms with Gasteiger partial charge in [0, 0.05) is 18.9 Å². The van der Waals surface area contributed by atoms with E-state index in [9.17, 15) is 22.4 Å². The van der Waals surface area contributed by atoms with Crippen LogP contribution >= 0.6 is 11.6 Å². The molecule has 2 atom stereocenters. The number of amides is 2. The van der Waals surface area contributed by atoms with Gasteiger partial charge >= 0.3 is 0 Å². The Hall–Kier alpha value is -3.32. The number of likely N-dealkylation sites (N-methyl/N-ethyl adjacent to an activating group) is 1. The number of benzene rings is 2. The van der Waals surface area contributed by atoms with Crippen LogP contribution in [0.4, 0.5) is 10.1 Å². The maximum Gasteiger partial charge on any atom is 0.280 e. The van der Waals surface area contributed by atoms with E-state index in [0.29, 0.717) is 5.69 Å². The van der Waals surface area contributed by atoms with Gasteiger partial charge in [0.25, 0.3) is 10.2 Å². The van der Waals surface area contributed by atoms with E-state index in [4.69, 9.17) is 11.6 Å². The number of anilines is 1. The van der Waals surface area contributed by atoms with E-state index in [-0.39, 0.29) is 23.7 Å². The van der Waals surface area contributed by atoms with Crippen LogP contribution in [0.1, 0.15) is 12.1 Å². The molecule has 2 unspecified atom stereocenters. The molecule has 0 saturated carbocycles. The van der Waals surface area contributed by atoms with E-state index >= 15 is 0 Å². The fourth-order valence-electron chi connectivity index (χ4n) is 3.56. The van der Waals surface area contributed by atoms with Gasteiger partial charge in [-0.1, -0.05) is 29.8 Å². The molecule has 1 saturated heterocycles. The minimum absolute atomic E-state index is 0.0671. The summed E-state index contributed by atoms with van der Waals surface area (Å²) in [6.45, 7) is 0.0671. The Bertz CT molecular complexity index is 1350. The molecule has 13 heteroatoms. The van der Waals surface area contributed by atoms with Crippen molar-refractivity contribution in [1.82, 2.24) is 24.1 Å². The van der Waals surface area contributed by atoms with Crippen molar-refractivity contribution < 1.29 is 22.4 Å². The molecule has 1 fully saturated rings. The summed E-state index contributed by atoms with van der Waals surface area (Å²) >= 11 is 5.74. The third-order valence-electron chi connectivity index (χ3n) is 5.48. The average Bonchev–Trinajstić information content (AvgIpc) is 3.31. The fourth-order valence-corrected chi connectivity index (χ4v) is 4.99. The zero-order valence-electron chi connectivity index (χ0n) is 18.5. The molecule has 0 spiro atoms. The van der Waals surface area contributed by atoms with Gasteiger partial charge in [-0.3, -0.25) is 9.59 Å². The summed E-state index contributed by atoms with van der Waals surface area (Å²) in [6.07, 6.45) is 1.62. The van der Waals surface area contributed by atoms with Crippen molar-refractivity contribution in [3.63, 3.8) is 0 Å². The highest BCUT2D eigenvalue weighted by molar-refractivity contribution is 7.87. The molecule has 1 aliphatic rings. The summed E-state index contributed by atoms with van der Waals surface area (Å²) in [5.41, 5.74) is 1.62. The van der Waals surface area contributed by atoms with Gasteiger partial charge in [-0.05, 0) is 42.8 Å². The predicted octanol–water partition coefficient (Wildman–Crippen LogP) is 1.83. The second-order valence-corrected chi connectivity index (χ2v) is 10.0. The minimum Gasteiger partial charge on any atom is -0.349 e. The van der Waals surface area contributed by atoms with E-state index in [1.54, 1.807) is 16.9 Å². The third-order valence-corrected chi connectivity index (χ3v) is 7.37. The summed E-state index contributed by atoms with van der Waals surface area (Å²) in [6, 6.07) is 12.4. The summed E-state index contributed by atoms with van der Waals surface area (Å²) < 4.78 is 43.3. The van der Waals surface area contributed by atoms with Crippen LogP contribution in [0.5, 0.6) is 0 Å². The lowest BCUT2D eigenvalue weighted by molar-refractivity contribution is -0.124. The SMILES string of the molecule is CN1C(C(=O)Nc2ccc(F)c(Cl)c2)CC(C(=O)NCc2ccn(-c3ccccc3)n2)NS1(=O)=O. The molecule has 0 aliphatic carbocycles. The quantitative estimate of drug-likeness (QED) is 0.457. The lowest BCUT2D eigenvalue weighted by atomic mass is 10.1. The van der Waals surface area contributed by atoms with E-state index in [1.807, 2.05) is 30.3 Å². The first-order valence-electron chi connectivity index (χ1n) is 10.5. The van der Waals surface area contributed by atoms with Crippen molar-refractivity contribution in [3.8, 4) is 5.69 Å². The standard InChI is InChI=1S/C22H22ClFN6O4S/c1-29-20(22(32)26-14-7-8-18(24)17(23)11-14)12-19(28-35(29,33)34)21(31)25-13-15-9-10-30(27-15)16-5-3-2-4-6-16/h2-11,19-20,28H,12-13H2,1H3,(H,25,31)(H,26,32). The zero-order chi connectivity index (χ0) is 25.2. The van der Waals surface area contributed by atoms with Crippen LogP contribution in [0, 0.1) is 5.82 Å². The second kappa shape index (κ2) is 10.1. The van der Waals surface area contributed by atoms with Gasteiger partial charge in [0.15, 0.2) is 0 Å². The number of hydrogen-bond acceptors (Lipinski definition) is 5. The van der Waals surface area contributed by atoms with Crippen LogP contribution in [0.2, 0.25) is 5.02 Å². The molecule has 184 valence electrons. The molecule has 10 nitrogen and oxygen atoms in total. The van der Waals surface area contributed by atoms with Crippen LogP contribution in [0.3, 0.4) is 0 Å². The van der Waals surface area contributed by atoms with Crippen molar-refractivity contribution >= 4 is 39.3 Å². The number of halogens is 2. The number of carbonyl (C=O) groups excluding carboxylic acids is 2. The zero-order valence-corrected chi connectivity index (χ0v) is 20.1. The molecule has 3 N–H and O–H groups in total. The van der Waals surface area contributed by atoms with Crippen LogP contribution in [-0.4, -0.2) is 53.4 Å². The monoisotopic (exact) mass is 520 g/mol. The van der Waals surface area contributed by atoms with Crippen molar-refractivity contribution in [2.45, 2.75) is 25.0 Å². The topological polar surface area (TPSA) is 125 Å². The van der Waals surface area contributed by atoms with E-state index < -0.39 is 39.9 Å². The van der Waals surface area contributed by atoms with Gasteiger partial charge < -0.3 is 10.6 Å². The lowest BCUT2D eigenvalue weighted by Crippen LogP contribution is -2.62. The molecule has 2 aromatic carbocycles. The van der Waals surface area contributed by atoms with Crippen LogP contribution in [0.25, 0.3) is 5.69 Å². The van der Waals surface area contributed by atoms with Gasteiger partial charge in [-0.15, -0.1) is 0 Å². The largest absolute Gasteiger partial charge is 0.349 e. The van der Waals surface area contributed by atoms with Crippen LogP contribution in [0.15, 0.2) is 60.8 Å². The Balaban J connectivity index is 1.41. The Kier molecular flexibility index (Phi) is 7.17. The van der Waals surface area contributed by atoms with Gasteiger partial charge in [0.2, 0.25) is 11.8 Å². The first kappa shape index (κ1) is 24.8. The molecule has 2 heterocycles. The number of nitrogens with one attached hydrogen (secondary N) is 3. The lowest BCUT2D eigenvalue weighted by Gasteiger charge is -2.35. The number of rotatable bonds is 6. The average molecular weight is 521 g/mol. The number of hydrogen-bond donors (Lipinski definition) is 3. The van der Waals surface area contributed by atoms with Gasteiger partial charge in [-0.25, -0.2) is 9.07 Å². The molecule has 2 amide bonds. The molecule has 1 aliphatic heterocycles. The normalized spacial score (nSPS) is 19.7. The van der Waals surface area contributed by atoms with Crippen LogP contribution < -0.4 is 15.4 Å². The van der Waals surface area contributed by atoms with Crippen LogP contribution in [-0.2, 0) is 26.3 Å². The fraction of sp³-hybridized carbons (Fsp3) is 0.227. The third kappa shape index (κ3) is 5.68. The molecule has 0 radical (unpaired) electrons. The Morgan fingerprint density at radius 1 is 1.17 bits per heavy atom. The highest BCUT2D eigenvalue weighted by Crippen LogP contribution is 2.22. The summed E-state index contributed by atoms with van der Waals surface area (Å²) in [5, 5.41) is 9.37. The number of aromatic nitrogens is 2. The van der Waals surface area contributed by atoms with Crippen molar-refractivity contribution in [1.29, 1.82) is 0 Å². The first-order chi connectivity index (χ1) is 16.6. The molecule has 4 rings (SSSR count). The van der Waals surface area contributed by atoms with E-state index in [1.165, 1.54) is 19.2 Å². The van der Waals surface area contributed by atoms with Gasteiger partial charge in [0.05, 0.1) is 22.9 Å². The van der Waals surface area contributed by atoms with Gasteiger partial charge in [0.1, 0.15) is 17.9 Å². The van der Waals surface area contributed by atoms with E-state index in [0.717, 1.165) is 16.1 Å². The Labute approximate surface area is 206 Å².